The van der Waals surface area contributed by atoms with Crippen molar-refractivity contribution in [2.24, 2.45) is 0 Å². The van der Waals surface area contributed by atoms with Crippen molar-refractivity contribution in [3.05, 3.63) is 53.7 Å². The second-order valence-electron chi connectivity index (χ2n) is 5.15. The van der Waals surface area contributed by atoms with Crippen LogP contribution in [0.25, 0.3) is 0 Å². The second kappa shape index (κ2) is 6.93. The summed E-state index contributed by atoms with van der Waals surface area (Å²) >= 11 is 0. The topological polar surface area (TPSA) is 54.5 Å². The number of nitrogens with one attached hydrogen (secondary N) is 1. The van der Waals surface area contributed by atoms with Crippen molar-refractivity contribution in [1.29, 1.82) is 0 Å². The molecule has 0 spiro atoms. The fraction of sp³-hybridized carbons (Fsp3) is 0.294. The number of aryl methyl sites for hydroxylation is 1. The molecule has 2 aromatic rings. The number of anilines is 1. The number of amides is 2. The number of nitrogens with zero attached hydrogens (tertiary/aromatic N) is 2. The van der Waals surface area contributed by atoms with Gasteiger partial charge in [-0.15, -0.1) is 0 Å². The molecule has 1 atom stereocenters. The lowest BCUT2D eigenvalue weighted by molar-refractivity contribution is 0.208. The first kappa shape index (κ1) is 15.8. The minimum Gasteiger partial charge on any atom is -0.497 e. The molecule has 22 heavy (non-hydrogen) atoms. The Bertz CT molecular complexity index is 641. The molecule has 0 aliphatic rings. The zero-order chi connectivity index (χ0) is 16.1. The number of ether oxygens (including phenoxy) is 1. The van der Waals surface area contributed by atoms with Crippen molar-refractivity contribution in [2.75, 3.05) is 19.5 Å². The van der Waals surface area contributed by atoms with E-state index in [1.54, 1.807) is 25.1 Å². The summed E-state index contributed by atoms with van der Waals surface area (Å²) in [7, 11) is 3.40. The van der Waals surface area contributed by atoms with Gasteiger partial charge in [-0.25, -0.2) is 9.78 Å². The van der Waals surface area contributed by atoms with E-state index in [0.717, 1.165) is 17.0 Å². The van der Waals surface area contributed by atoms with Crippen LogP contribution < -0.4 is 10.1 Å². The number of carbonyl (C=O) groups excluding carboxylic acids is 1. The Morgan fingerprint density at radius 1 is 1.23 bits per heavy atom. The van der Waals surface area contributed by atoms with Crippen molar-refractivity contribution in [2.45, 2.75) is 19.9 Å². The fourth-order valence-corrected chi connectivity index (χ4v) is 2.09. The van der Waals surface area contributed by atoms with Crippen molar-refractivity contribution in [3.8, 4) is 5.75 Å². The molecule has 0 aliphatic heterocycles. The molecule has 5 nitrogen and oxygen atoms in total. The number of aromatic nitrogens is 1. The lowest BCUT2D eigenvalue weighted by atomic mass is 10.1. The average molecular weight is 299 g/mol. The summed E-state index contributed by atoms with van der Waals surface area (Å²) in [6, 6.07) is 13.0. The maximum atomic E-state index is 12.3. The van der Waals surface area contributed by atoms with E-state index in [1.165, 1.54) is 0 Å². The highest BCUT2D eigenvalue weighted by atomic mass is 16.5. The first-order valence-corrected chi connectivity index (χ1v) is 7.12. The Hall–Kier alpha value is -2.56. The Balaban J connectivity index is 2.05. The zero-order valence-corrected chi connectivity index (χ0v) is 13.3. The molecule has 1 aromatic carbocycles. The molecule has 2 amide bonds. The molecule has 1 heterocycles. The number of benzene rings is 1. The summed E-state index contributed by atoms with van der Waals surface area (Å²) in [5.74, 6) is 1.35. The van der Waals surface area contributed by atoms with Crippen LogP contribution in [-0.4, -0.2) is 30.1 Å². The molecule has 0 saturated carbocycles. The van der Waals surface area contributed by atoms with Gasteiger partial charge in [0.05, 0.1) is 13.2 Å². The molecule has 0 radical (unpaired) electrons. The van der Waals surface area contributed by atoms with E-state index in [-0.39, 0.29) is 12.1 Å². The standard InChI is InChI=1S/C17H21N3O2/c1-12-6-5-7-16(18-12)19-17(21)20(3)13(2)14-8-10-15(22-4)11-9-14/h5-11,13H,1-4H3,(H,18,19,21)/t13-/m0/s1. The van der Waals surface area contributed by atoms with Crippen LogP contribution >= 0.6 is 0 Å². The molecule has 1 aromatic heterocycles. The van der Waals surface area contributed by atoms with Crippen LogP contribution in [0.3, 0.4) is 0 Å². The summed E-state index contributed by atoms with van der Waals surface area (Å²) < 4.78 is 5.15. The molecule has 0 aliphatic carbocycles. The zero-order valence-electron chi connectivity index (χ0n) is 13.3. The van der Waals surface area contributed by atoms with Crippen molar-refractivity contribution >= 4 is 11.8 Å². The van der Waals surface area contributed by atoms with Crippen LogP contribution in [0.15, 0.2) is 42.5 Å². The van der Waals surface area contributed by atoms with Crippen molar-refractivity contribution < 1.29 is 9.53 Å². The first-order chi connectivity index (χ1) is 10.5. The smallest absolute Gasteiger partial charge is 0.323 e. The van der Waals surface area contributed by atoms with Crippen LogP contribution in [0.1, 0.15) is 24.2 Å². The molecular weight excluding hydrogens is 278 g/mol. The predicted molar refractivity (Wildman–Crippen MR) is 87.2 cm³/mol. The highest BCUT2D eigenvalue weighted by molar-refractivity contribution is 5.88. The molecule has 0 unspecified atom stereocenters. The minimum absolute atomic E-state index is 0.0595. The van der Waals surface area contributed by atoms with E-state index in [2.05, 4.69) is 10.3 Å². The third-order valence-corrected chi connectivity index (χ3v) is 3.62. The Labute approximate surface area is 130 Å². The number of methoxy groups -OCH3 is 1. The lowest BCUT2D eigenvalue weighted by Gasteiger charge is -2.25. The largest absolute Gasteiger partial charge is 0.497 e. The average Bonchev–Trinajstić information content (AvgIpc) is 2.53. The van der Waals surface area contributed by atoms with Gasteiger partial charge in [0.1, 0.15) is 11.6 Å². The van der Waals surface area contributed by atoms with E-state index in [9.17, 15) is 4.79 Å². The van der Waals surface area contributed by atoms with E-state index in [0.29, 0.717) is 5.82 Å². The van der Waals surface area contributed by atoms with Crippen molar-refractivity contribution in [3.63, 3.8) is 0 Å². The maximum Gasteiger partial charge on any atom is 0.323 e. The van der Waals surface area contributed by atoms with E-state index >= 15 is 0 Å². The van der Waals surface area contributed by atoms with Crippen LogP contribution in [0.2, 0.25) is 0 Å². The molecular formula is C17H21N3O2. The van der Waals surface area contributed by atoms with Gasteiger partial charge in [0.2, 0.25) is 0 Å². The molecule has 116 valence electrons. The SMILES string of the molecule is COc1ccc([C@H](C)N(C)C(=O)Nc2cccc(C)n2)cc1. The van der Waals surface area contributed by atoms with Crippen LogP contribution in [0, 0.1) is 6.92 Å². The van der Waals surface area contributed by atoms with Gasteiger partial charge in [-0.05, 0) is 43.7 Å². The highest BCUT2D eigenvalue weighted by Gasteiger charge is 2.17. The first-order valence-electron chi connectivity index (χ1n) is 7.12. The summed E-state index contributed by atoms with van der Waals surface area (Å²) in [5, 5.41) is 2.81. The number of hydrogen-bond acceptors (Lipinski definition) is 3. The van der Waals surface area contributed by atoms with Crippen LogP contribution in [0.5, 0.6) is 5.75 Å². The minimum atomic E-state index is -0.193. The summed E-state index contributed by atoms with van der Waals surface area (Å²) in [6.07, 6.45) is 0. The fourth-order valence-electron chi connectivity index (χ4n) is 2.09. The van der Waals surface area contributed by atoms with Crippen molar-refractivity contribution in [1.82, 2.24) is 9.88 Å². The Morgan fingerprint density at radius 2 is 1.91 bits per heavy atom. The van der Waals surface area contributed by atoms with E-state index < -0.39 is 0 Å². The molecule has 0 bridgehead atoms. The van der Waals surface area contributed by atoms with Gasteiger partial charge in [0.25, 0.3) is 0 Å². The van der Waals surface area contributed by atoms with Gasteiger partial charge in [-0.3, -0.25) is 5.32 Å². The normalized spacial score (nSPS) is 11.6. The number of rotatable bonds is 4. The highest BCUT2D eigenvalue weighted by Crippen LogP contribution is 2.22. The molecule has 2 rings (SSSR count). The maximum absolute atomic E-state index is 12.3. The summed E-state index contributed by atoms with van der Waals surface area (Å²) in [4.78, 5) is 18.2. The lowest BCUT2D eigenvalue weighted by Crippen LogP contribution is -2.33. The molecule has 0 saturated heterocycles. The summed E-state index contributed by atoms with van der Waals surface area (Å²) in [5.41, 5.74) is 1.90. The van der Waals surface area contributed by atoms with Crippen LogP contribution in [-0.2, 0) is 0 Å². The third kappa shape index (κ3) is 3.75. The van der Waals surface area contributed by atoms with E-state index in [1.807, 2.05) is 50.2 Å². The molecule has 1 N–H and O–H groups in total. The Morgan fingerprint density at radius 3 is 2.50 bits per heavy atom. The monoisotopic (exact) mass is 299 g/mol. The van der Waals surface area contributed by atoms with Gasteiger partial charge in [0.15, 0.2) is 0 Å². The number of pyridine rings is 1. The van der Waals surface area contributed by atoms with Gasteiger partial charge in [-0.1, -0.05) is 18.2 Å². The van der Waals surface area contributed by atoms with Gasteiger partial charge in [-0.2, -0.15) is 0 Å². The number of hydrogen-bond donors (Lipinski definition) is 1. The predicted octanol–water partition coefficient (Wildman–Crippen LogP) is 3.62. The second-order valence-corrected chi connectivity index (χ2v) is 5.15. The summed E-state index contributed by atoms with van der Waals surface area (Å²) in [6.45, 7) is 3.87. The number of carbonyl (C=O) groups is 1. The Kier molecular flexibility index (Phi) is 4.99. The van der Waals surface area contributed by atoms with E-state index in [4.69, 9.17) is 4.74 Å². The quantitative estimate of drug-likeness (QED) is 0.938. The van der Waals surface area contributed by atoms with Gasteiger partial charge < -0.3 is 9.64 Å². The van der Waals surface area contributed by atoms with Gasteiger partial charge >= 0.3 is 6.03 Å². The van der Waals surface area contributed by atoms with Crippen LogP contribution in [0.4, 0.5) is 10.6 Å². The number of urea groups is 1. The van der Waals surface area contributed by atoms with Gasteiger partial charge in [0, 0.05) is 12.7 Å². The third-order valence-electron chi connectivity index (χ3n) is 3.62. The molecule has 5 heteroatoms. The molecule has 0 fully saturated rings.